The highest BCUT2D eigenvalue weighted by Crippen LogP contribution is 2.44. The summed E-state index contributed by atoms with van der Waals surface area (Å²) in [5, 5.41) is 4.03. The third-order valence-electron chi connectivity index (χ3n) is 5.58. The summed E-state index contributed by atoms with van der Waals surface area (Å²) in [6.07, 6.45) is 5.51. The van der Waals surface area contributed by atoms with Crippen LogP contribution in [0, 0.1) is 0 Å². The Morgan fingerprint density at radius 2 is 2.03 bits per heavy atom. The normalized spacial score (nSPS) is 15.8. The van der Waals surface area contributed by atoms with Crippen molar-refractivity contribution in [2.75, 3.05) is 54.3 Å². The largest absolute Gasteiger partial charge is 0.368 e. The molecule has 2 aromatic heterocycles. The van der Waals surface area contributed by atoms with E-state index in [-0.39, 0.29) is 0 Å². The highest BCUT2D eigenvalue weighted by molar-refractivity contribution is 8.00. The number of anilines is 4. The first-order valence-corrected chi connectivity index (χ1v) is 11.7. The van der Waals surface area contributed by atoms with Gasteiger partial charge in [-0.2, -0.15) is 0 Å². The van der Waals surface area contributed by atoms with E-state index < -0.39 is 0 Å². The predicted octanol–water partition coefficient (Wildman–Crippen LogP) is 4.70. The number of fused-ring (bicyclic) bond motifs is 3. The van der Waals surface area contributed by atoms with Gasteiger partial charge in [0.05, 0.1) is 21.3 Å². The molecule has 0 bridgehead atoms. The molecule has 4 heterocycles. The van der Waals surface area contributed by atoms with Gasteiger partial charge in [0.25, 0.3) is 0 Å². The van der Waals surface area contributed by atoms with Gasteiger partial charge < -0.3 is 15.1 Å². The number of likely N-dealkylation sites (N-methyl/N-ethyl adjacent to an activating group) is 1. The van der Waals surface area contributed by atoms with Gasteiger partial charge in [-0.3, -0.25) is 4.31 Å². The second-order valence-corrected chi connectivity index (χ2v) is 9.27. The van der Waals surface area contributed by atoms with Crippen LogP contribution in [0.15, 0.2) is 60.3 Å². The standard InChI is InChI=1S/C23H24ClN7S/c1-3-9-31-22-17(5-4-8-25-22)21-20(32-31)15-26-23(28-21)27-16-6-7-19(18(24)14-16)30-12-10-29(2)11-13-30/h3-8,14-15H,1,9-13H2,2H3,(H,26,27,28). The van der Waals surface area contributed by atoms with Gasteiger partial charge in [0.15, 0.2) is 0 Å². The van der Waals surface area contributed by atoms with Crippen molar-refractivity contribution in [3.8, 4) is 11.3 Å². The molecular formula is C23H24ClN7S. The summed E-state index contributed by atoms with van der Waals surface area (Å²) >= 11 is 8.21. The monoisotopic (exact) mass is 465 g/mol. The Hall–Kier alpha value is -2.81. The van der Waals surface area contributed by atoms with Crippen LogP contribution in [0.2, 0.25) is 5.02 Å². The number of aromatic nitrogens is 3. The Morgan fingerprint density at radius 3 is 2.81 bits per heavy atom. The third kappa shape index (κ3) is 4.13. The first kappa shape index (κ1) is 21.1. The van der Waals surface area contributed by atoms with E-state index in [0.29, 0.717) is 12.5 Å². The first-order chi connectivity index (χ1) is 15.6. The van der Waals surface area contributed by atoms with Crippen LogP contribution in [0.3, 0.4) is 0 Å². The number of nitrogens with zero attached hydrogens (tertiary/aromatic N) is 6. The van der Waals surface area contributed by atoms with Gasteiger partial charge in [-0.1, -0.05) is 17.7 Å². The van der Waals surface area contributed by atoms with Crippen molar-refractivity contribution in [2.45, 2.75) is 4.90 Å². The van der Waals surface area contributed by atoms with Gasteiger partial charge in [-0.05, 0) is 49.3 Å². The maximum atomic E-state index is 6.63. The van der Waals surface area contributed by atoms with Crippen molar-refractivity contribution >= 4 is 46.7 Å². The molecule has 0 unspecified atom stereocenters. The molecule has 32 heavy (non-hydrogen) atoms. The number of benzene rings is 1. The van der Waals surface area contributed by atoms with E-state index in [9.17, 15) is 0 Å². The van der Waals surface area contributed by atoms with Crippen LogP contribution in [-0.4, -0.2) is 59.6 Å². The lowest BCUT2D eigenvalue weighted by molar-refractivity contribution is 0.313. The Morgan fingerprint density at radius 1 is 1.19 bits per heavy atom. The number of pyridine rings is 1. The number of piperazine rings is 1. The van der Waals surface area contributed by atoms with Crippen molar-refractivity contribution < 1.29 is 0 Å². The molecule has 164 valence electrons. The molecule has 2 aliphatic rings. The highest BCUT2D eigenvalue weighted by Gasteiger charge is 2.25. The maximum absolute atomic E-state index is 6.63. The zero-order valence-electron chi connectivity index (χ0n) is 17.8. The van der Waals surface area contributed by atoms with Crippen LogP contribution in [0.1, 0.15) is 0 Å². The molecule has 9 heteroatoms. The molecule has 0 aliphatic carbocycles. The predicted molar refractivity (Wildman–Crippen MR) is 133 cm³/mol. The zero-order valence-corrected chi connectivity index (χ0v) is 19.4. The number of hydrogen-bond acceptors (Lipinski definition) is 8. The van der Waals surface area contributed by atoms with E-state index in [1.807, 2.05) is 36.5 Å². The van der Waals surface area contributed by atoms with Crippen LogP contribution >= 0.6 is 23.5 Å². The smallest absolute Gasteiger partial charge is 0.227 e. The molecule has 5 rings (SSSR count). The lowest BCUT2D eigenvalue weighted by Gasteiger charge is -2.34. The quantitative estimate of drug-likeness (QED) is 0.429. The van der Waals surface area contributed by atoms with E-state index in [1.165, 1.54) is 0 Å². The molecule has 1 saturated heterocycles. The Bertz CT molecular complexity index is 1150. The van der Waals surface area contributed by atoms with Crippen molar-refractivity contribution in [3.05, 3.63) is 60.4 Å². The van der Waals surface area contributed by atoms with Gasteiger partial charge in [0.1, 0.15) is 5.82 Å². The van der Waals surface area contributed by atoms with Gasteiger partial charge in [0.2, 0.25) is 5.95 Å². The van der Waals surface area contributed by atoms with Crippen LogP contribution in [0.4, 0.5) is 23.1 Å². The van der Waals surface area contributed by atoms with Crippen LogP contribution in [-0.2, 0) is 0 Å². The van der Waals surface area contributed by atoms with E-state index in [0.717, 1.165) is 64.5 Å². The summed E-state index contributed by atoms with van der Waals surface area (Å²) in [6.45, 7) is 8.57. The minimum Gasteiger partial charge on any atom is -0.368 e. The number of halogens is 1. The Kier molecular flexibility index (Phi) is 5.91. The molecule has 1 aromatic carbocycles. The minimum atomic E-state index is 0.528. The van der Waals surface area contributed by atoms with E-state index in [4.69, 9.17) is 16.6 Å². The first-order valence-electron chi connectivity index (χ1n) is 10.5. The van der Waals surface area contributed by atoms with Gasteiger partial charge in [-0.25, -0.2) is 15.0 Å². The summed E-state index contributed by atoms with van der Waals surface area (Å²) in [4.78, 5) is 19.5. The number of nitrogens with one attached hydrogen (secondary N) is 1. The molecule has 0 spiro atoms. The van der Waals surface area contributed by atoms with E-state index >= 15 is 0 Å². The zero-order chi connectivity index (χ0) is 22.1. The molecule has 1 fully saturated rings. The maximum Gasteiger partial charge on any atom is 0.227 e. The lowest BCUT2D eigenvalue weighted by atomic mass is 10.1. The van der Waals surface area contributed by atoms with Gasteiger partial charge >= 0.3 is 0 Å². The van der Waals surface area contributed by atoms with Crippen LogP contribution in [0.5, 0.6) is 0 Å². The minimum absolute atomic E-state index is 0.528. The topological polar surface area (TPSA) is 60.4 Å². The molecule has 2 aliphatic heterocycles. The molecule has 0 amide bonds. The fourth-order valence-corrected chi connectivity index (χ4v) is 5.18. The van der Waals surface area contributed by atoms with Crippen molar-refractivity contribution in [3.63, 3.8) is 0 Å². The van der Waals surface area contributed by atoms with Crippen LogP contribution in [0.25, 0.3) is 11.3 Å². The summed E-state index contributed by atoms with van der Waals surface area (Å²) in [7, 11) is 2.15. The molecule has 7 nitrogen and oxygen atoms in total. The molecule has 0 radical (unpaired) electrons. The molecule has 0 saturated carbocycles. The molecule has 0 atom stereocenters. The Labute approximate surface area is 197 Å². The van der Waals surface area contributed by atoms with Gasteiger partial charge in [-0.15, -0.1) is 6.58 Å². The van der Waals surface area contributed by atoms with E-state index in [2.05, 4.69) is 49.1 Å². The molecule has 1 N–H and O–H groups in total. The number of rotatable bonds is 5. The average molecular weight is 466 g/mol. The van der Waals surface area contributed by atoms with E-state index in [1.54, 1.807) is 18.1 Å². The fraction of sp³-hybridized carbons (Fsp3) is 0.261. The summed E-state index contributed by atoms with van der Waals surface area (Å²) in [5.41, 5.74) is 3.78. The Balaban J connectivity index is 1.39. The van der Waals surface area contributed by atoms with Crippen molar-refractivity contribution in [1.29, 1.82) is 0 Å². The second kappa shape index (κ2) is 8.97. The molecular weight excluding hydrogens is 442 g/mol. The third-order valence-corrected chi connectivity index (χ3v) is 6.93. The average Bonchev–Trinajstić information content (AvgIpc) is 2.81. The lowest BCUT2D eigenvalue weighted by Crippen LogP contribution is -2.44. The fourth-order valence-electron chi connectivity index (χ4n) is 3.89. The highest BCUT2D eigenvalue weighted by atomic mass is 35.5. The second-order valence-electron chi connectivity index (χ2n) is 7.80. The summed E-state index contributed by atoms with van der Waals surface area (Å²) in [6, 6.07) is 10.00. The van der Waals surface area contributed by atoms with Crippen LogP contribution < -0.4 is 14.5 Å². The van der Waals surface area contributed by atoms with Crippen molar-refractivity contribution in [1.82, 2.24) is 19.9 Å². The summed E-state index contributed by atoms with van der Waals surface area (Å²) in [5.74, 6) is 1.41. The summed E-state index contributed by atoms with van der Waals surface area (Å²) < 4.78 is 2.10. The number of hydrogen-bond donors (Lipinski definition) is 1. The van der Waals surface area contributed by atoms with Crippen molar-refractivity contribution in [2.24, 2.45) is 0 Å². The SMILES string of the molecule is C=CCN1Sc2cnc(Nc3ccc(N4CCN(C)CC4)c(Cl)c3)nc2-c2cccnc21. The van der Waals surface area contributed by atoms with Gasteiger partial charge in [0, 0.05) is 56.4 Å². The molecule has 3 aromatic rings.